The summed E-state index contributed by atoms with van der Waals surface area (Å²) in [6.45, 7) is 6.39. The van der Waals surface area contributed by atoms with Gasteiger partial charge in [-0.15, -0.1) is 11.3 Å². The zero-order valence-electron chi connectivity index (χ0n) is 12.3. The SMILES string of the molecule is COc1cccc(OCc2nc(C)c(C(C)(C)N)s2)c1. The van der Waals surface area contributed by atoms with Crippen molar-refractivity contribution >= 4 is 11.3 Å². The van der Waals surface area contributed by atoms with Gasteiger partial charge in [0.05, 0.1) is 12.8 Å². The van der Waals surface area contributed by atoms with Crippen LogP contribution < -0.4 is 15.2 Å². The molecule has 0 aliphatic carbocycles. The van der Waals surface area contributed by atoms with E-state index < -0.39 is 0 Å². The number of methoxy groups -OCH3 is 1. The lowest BCUT2D eigenvalue weighted by Gasteiger charge is -2.16. The van der Waals surface area contributed by atoms with E-state index in [1.165, 1.54) is 0 Å². The number of hydrogen-bond donors (Lipinski definition) is 1. The predicted octanol–water partition coefficient (Wildman–Crippen LogP) is 3.23. The molecule has 2 N–H and O–H groups in total. The Bertz CT molecular complexity index is 588. The fraction of sp³-hybridized carbons (Fsp3) is 0.400. The smallest absolute Gasteiger partial charge is 0.140 e. The maximum Gasteiger partial charge on any atom is 0.140 e. The van der Waals surface area contributed by atoms with E-state index in [9.17, 15) is 0 Å². The van der Waals surface area contributed by atoms with E-state index in [1.54, 1.807) is 18.4 Å². The second-order valence-electron chi connectivity index (χ2n) is 5.21. The Labute approximate surface area is 123 Å². The van der Waals surface area contributed by atoms with Gasteiger partial charge in [-0.25, -0.2) is 4.98 Å². The van der Waals surface area contributed by atoms with E-state index in [-0.39, 0.29) is 5.54 Å². The minimum absolute atomic E-state index is 0.365. The number of aromatic nitrogens is 1. The molecule has 0 fully saturated rings. The summed E-state index contributed by atoms with van der Waals surface area (Å²) >= 11 is 1.60. The Balaban J connectivity index is 2.07. The molecule has 2 rings (SSSR count). The van der Waals surface area contributed by atoms with Crippen molar-refractivity contribution in [1.29, 1.82) is 0 Å². The fourth-order valence-electron chi connectivity index (χ4n) is 1.95. The average molecular weight is 292 g/mol. The van der Waals surface area contributed by atoms with Gasteiger partial charge in [0.1, 0.15) is 23.1 Å². The maximum atomic E-state index is 6.13. The quantitative estimate of drug-likeness (QED) is 0.919. The highest BCUT2D eigenvalue weighted by atomic mass is 32.1. The summed E-state index contributed by atoms with van der Waals surface area (Å²) in [7, 11) is 1.64. The van der Waals surface area contributed by atoms with Crippen molar-refractivity contribution in [2.24, 2.45) is 5.73 Å². The van der Waals surface area contributed by atoms with Gasteiger partial charge < -0.3 is 15.2 Å². The molecule has 0 atom stereocenters. The molecule has 0 spiro atoms. The molecule has 0 aliphatic rings. The number of nitrogens with zero attached hydrogens (tertiary/aromatic N) is 1. The Morgan fingerprint density at radius 2 is 2.00 bits per heavy atom. The third-order valence-corrected chi connectivity index (χ3v) is 4.30. The van der Waals surface area contributed by atoms with Crippen LogP contribution >= 0.6 is 11.3 Å². The summed E-state index contributed by atoms with van der Waals surface area (Å²) in [6.07, 6.45) is 0. The molecule has 0 saturated heterocycles. The minimum Gasteiger partial charge on any atom is -0.497 e. The van der Waals surface area contributed by atoms with Gasteiger partial charge in [0.2, 0.25) is 0 Å². The van der Waals surface area contributed by atoms with Crippen LogP contribution in [0.4, 0.5) is 0 Å². The lowest BCUT2D eigenvalue weighted by Crippen LogP contribution is -2.28. The van der Waals surface area contributed by atoms with Crippen LogP contribution in [0.1, 0.15) is 29.4 Å². The van der Waals surface area contributed by atoms with E-state index in [0.717, 1.165) is 27.1 Å². The van der Waals surface area contributed by atoms with E-state index in [0.29, 0.717) is 6.61 Å². The van der Waals surface area contributed by atoms with Crippen molar-refractivity contribution in [3.8, 4) is 11.5 Å². The second kappa shape index (κ2) is 5.81. The Morgan fingerprint density at radius 1 is 1.30 bits per heavy atom. The van der Waals surface area contributed by atoms with Gasteiger partial charge >= 0.3 is 0 Å². The number of nitrogens with two attached hydrogens (primary N) is 1. The number of aryl methyl sites for hydroxylation is 1. The molecule has 108 valence electrons. The summed E-state index contributed by atoms with van der Waals surface area (Å²) < 4.78 is 10.9. The van der Waals surface area contributed by atoms with E-state index in [2.05, 4.69) is 4.98 Å². The van der Waals surface area contributed by atoms with Gasteiger partial charge in [0.25, 0.3) is 0 Å². The van der Waals surface area contributed by atoms with Crippen molar-refractivity contribution in [2.45, 2.75) is 32.9 Å². The third kappa shape index (κ3) is 3.49. The van der Waals surface area contributed by atoms with E-state index in [1.807, 2.05) is 45.0 Å². The fourth-order valence-corrected chi connectivity index (χ4v) is 2.94. The van der Waals surface area contributed by atoms with Gasteiger partial charge in [-0.05, 0) is 32.9 Å². The Morgan fingerprint density at radius 3 is 2.60 bits per heavy atom. The van der Waals surface area contributed by atoms with Crippen molar-refractivity contribution in [2.75, 3.05) is 7.11 Å². The molecule has 20 heavy (non-hydrogen) atoms. The topological polar surface area (TPSA) is 57.4 Å². The highest BCUT2D eigenvalue weighted by molar-refractivity contribution is 7.11. The molecule has 0 amide bonds. The van der Waals surface area contributed by atoms with Crippen molar-refractivity contribution in [1.82, 2.24) is 4.98 Å². The zero-order chi connectivity index (χ0) is 14.8. The first-order valence-corrected chi connectivity index (χ1v) is 7.24. The molecule has 1 aromatic heterocycles. The molecule has 2 aromatic rings. The molecule has 1 aromatic carbocycles. The summed E-state index contributed by atoms with van der Waals surface area (Å²) in [5, 5.41) is 0.929. The first-order valence-electron chi connectivity index (χ1n) is 6.42. The van der Waals surface area contributed by atoms with Gasteiger partial charge in [0.15, 0.2) is 0 Å². The van der Waals surface area contributed by atoms with E-state index in [4.69, 9.17) is 15.2 Å². The first kappa shape index (κ1) is 14.8. The summed E-state index contributed by atoms with van der Waals surface area (Å²) in [4.78, 5) is 5.62. The van der Waals surface area contributed by atoms with Gasteiger partial charge in [-0.1, -0.05) is 6.07 Å². The number of hydrogen-bond acceptors (Lipinski definition) is 5. The molecule has 0 radical (unpaired) electrons. The molecule has 0 bridgehead atoms. The molecule has 5 heteroatoms. The van der Waals surface area contributed by atoms with Crippen molar-refractivity contribution in [3.05, 3.63) is 39.8 Å². The molecule has 1 heterocycles. The lowest BCUT2D eigenvalue weighted by molar-refractivity contribution is 0.303. The number of benzene rings is 1. The maximum absolute atomic E-state index is 6.13. The van der Waals surface area contributed by atoms with Crippen LogP contribution in [0.15, 0.2) is 24.3 Å². The Hall–Kier alpha value is -1.59. The van der Waals surface area contributed by atoms with Crippen LogP contribution in [0.25, 0.3) is 0 Å². The molecule has 0 unspecified atom stereocenters. The standard InChI is InChI=1S/C15H20N2O2S/c1-10-14(15(2,3)16)20-13(17-10)9-19-12-7-5-6-11(8-12)18-4/h5-8H,9,16H2,1-4H3. The number of ether oxygens (including phenoxy) is 2. The summed E-state index contributed by atoms with van der Waals surface area (Å²) in [5.41, 5.74) is 6.74. The molecule has 0 saturated carbocycles. The van der Waals surface area contributed by atoms with Crippen LogP contribution in [-0.4, -0.2) is 12.1 Å². The summed E-state index contributed by atoms with van der Waals surface area (Å²) in [6, 6.07) is 7.54. The molecule has 4 nitrogen and oxygen atoms in total. The third-order valence-electron chi connectivity index (χ3n) is 2.83. The van der Waals surface area contributed by atoms with Gasteiger partial charge in [0, 0.05) is 16.5 Å². The van der Waals surface area contributed by atoms with Crippen LogP contribution in [-0.2, 0) is 12.1 Å². The van der Waals surface area contributed by atoms with Crippen LogP contribution in [0.5, 0.6) is 11.5 Å². The van der Waals surface area contributed by atoms with Crippen LogP contribution in [0.2, 0.25) is 0 Å². The molecular formula is C15H20N2O2S. The van der Waals surface area contributed by atoms with Gasteiger partial charge in [-0.2, -0.15) is 0 Å². The summed E-state index contributed by atoms with van der Waals surface area (Å²) in [5.74, 6) is 1.55. The Kier molecular flexibility index (Phi) is 4.30. The monoisotopic (exact) mass is 292 g/mol. The second-order valence-corrected chi connectivity index (χ2v) is 6.30. The molecule has 0 aliphatic heterocycles. The molecular weight excluding hydrogens is 272 g/mol. The predicted molar refractivity (Wildman–Crippen MR) is 81.4 cm³/mol. The average Bonchev–Trinajstić information content (AvgIpc) is 2.78. The largest absolute Gasteiger partial charge is 0.497 e. The highest BCUT2D eigenvalue weighted by Gasteiger charge is 2.21. The van der Waals surface area contributed by atoms with Gasteiger partial charge in [-0.3, -0.25) is 0 Å². The van der Waals surface area contributed by atoms with Crippen LogP contribution in [0, 0.1) is 6.92 Å². The normalized spacial score (nSPS) is 11.4. The van der Waals surface area contributed by atoms with Crippen molar-refractivity contribution < 1.29 is 9.47 Å². The minimum atomic E-state index is -0.365. The van der Waals surface area contributed by atoms with Crippen molar-refractivity contribution in [3.63, 3.8) is 0 Å². The first-order chi connectivity index (χ1) is 9.40. The van der Waals surface area contributed by atoms with Crippen LogP contribution in [0.3, 0.4) is 0 Å². The zero-order valence-corrected chi connectivity index (χ0v) is 13.1. The number of rotatable bonds is 5. The highest BCUT2D eigenvalue weighted by Crippen LogP contribution is 2.28. The van der Waals surface area contributed by atoms with E-state index >= 15 is 0 Å². The lowest BCUT2D eigenvalue weighted by atomic mass is 10.0. The number of thiazole rings is 1.